The molecular formula is C15H20N4S. The molecule has 0 aromatic carbocycles. The van der Waals surface area contributed by atoms with Gasteiger partial charge in [-0.15, -0.1) is 0 Å². The average molecular weight is 288 g/mol. The molecule has 4 nitrogen and oxygen atoms in total. The van der Waals surface area contributed by atoms with Gasteiger partial charge in [0, 0.05) is 43.2 Å². The summed E-state index contributed by atoms with van der Waals surface area (Å²) in [6, 6.07) is 6.02. The van der Waals surface area contributed by atoms with Crippen molar-refractivity contribution in [2.75, 3.05) is 24.7 Å². The van der Waals surface area contributed by atoms with Crippen molar-refractivity contribution in [2.45, 2.75) is 25.4 Å². The first-order valence-electron chi connectivity index (χ1n) is 6.62. The molecule has 0 saturated heterocycles. The van der Waals surface area contributed by atoms with Gasteiger partial charge in [-0.2, -0.15) is 0 Å². The van der Waals surface area contributed by atoms with E-state index in [9.17, 15) is 0 Å². The second kappa shape index (κ2) is 6.70. The van der Waals surface area contributed by atoms with Gasteiger partial charge in [-0.05, 0) is 32.2 Å². The van der Waals surface area contributed by atoms with Gasteiger partial charge >= 0.3 is 0 Å². The Morgan fingerprint density at radius 2 is 2.00 bits per heavy atom. The van der Waals surface area contributed by atoms with E-state index in [4.69, 9.17) is 0 Å². The van der Waals surface area contributed by atoms with Gasteiger partial charge in [0.1, 0.15) is 5.82 Å². The molecule has 2 aromatic heterocycles. The molecule has 2 aromatic rings. The highest BCUT2D eigenvalue weighted by molar-refractivity contribution is 7.98. The van der Waals surface area contributed by atoms with E-state index in [2.05, 4.69) is 39.9 Å². The lowest BCUT2D eigenvalue weighted by Crippen LogP contribution is -2.23. The summed E-state index contributed by atoms with van der Waals surface area (Å²) >= 11 is 1.58. The first-order chi connectivity index (χ1) is 9.61. The summed E-state index contributed by atoms with van der Waals surface area (Å²) in [5.41, 5.74) is 3.29. The van der Waals surface area contributed by atoms with E-state index in [0.29, 0.717) is 0 Å². The number of rotatable bonds is 5. The third-order valence-corrected chi connectivity index (χ3v) is 3.86. The van der Waals surface area contributed by atoms with Crippen LogP contribution < -0.4 is 4.90 Å². The Kier molecular flexibility index (Phi) is 4.95. The smallest absolute Gasteiger partial charge is 0.189 e. The summed E-state index contributed by atoms with van der Waals surface area (Å²) in [7, 11) is 2.07. The molecule has 0 fully saturated rings. The molecule has 0 amide bonds. The van der Waals surface area contributed by atoms with Crippen LogP contribution in [0.25, 0.3) is 0 Å². The first-order valence-corrected chi connectivity index (χ1v) is 7.84. The number of pyridine rings is 1. The molecule has 0 aliphatic rings. The summed E-state index contributed by atoms with van der Waals surface area (Å²) in [5, 5.41) is 0.827. The van der Waals surface area contributed by atoms with E-state index < -0.39 is 0 Å². The van der Waals surface area contributed by atoms with Crippen molar-refractivity contribution in [2.24, 2.45) is 0 Å². The standard InChI is InChI=1S/C15H20N4S/c1-11-12(2)17-15(20-4)18-14(11)19(3)10-8-13-7-5-6-9-16-13/h5-7,9H,8,10H2,1-4H3. The predicted molar refractivity (Wildman–Crippen MR) is 84.5 cm³/mol. The van der Waals surface area contributed by atoms with Crippen LogP contribution in [0, 0.1) is 13.8 Å². The van der Waals surface area contributed by atoms with Crippen molar-refractivity contribution in [1.82, 2.24) is 15.0 Å². The third-order valence-electron chi connectivity index (χ3n) is 3.32. The van der Waals surface area contributed by atoms with Gasteiger partial charge in [-0.3, -0.25) is 4.98 Å². The van der Waals surface area contributed by atoms with E-state index in [1.54, 1.807) is 11.8 Å². The highest BCUT2D eigenvalue weighted by Gasteiger charge is 2.11. The Morgan fingerprint density at radius 1 is 1.20 bits per heavy atom. The minimum atomic E-state index is 0.827. The molecule has 2 rings (SSSR count). The maximum atomic E-state index is 4.62. The van der Waals surface area contributed by atoms with Gasteiger partial charge in [0.2, 0.25) is 0 Å². The number of hydrogen-bond donors (Lipinski definition) is 0. The number of hydrogen-bond acceptors (Lipinski definition) is 5. The fraction of sp³-hybridized carbons (Fsp3) is 0.400. The quantitative estimate of drug-likeness (QED) is 0.625. The van der Waals surface area contributed by atoms with Crippen LogP contribution in [-0.4, -0.2) is 34.8 Å². The minimum absolute atomic E-state index is 0.827. The first kappa shape index (κ1) is 14.8. The van der Waals surface area contributed by atoms with Crippen LogP contribution in [0.5, 0.6) is 0 Å². The number of anilines is 1. The number of likely N-dealkylation sites (N-methyl/N-ethyl adjacent to an activating group) is 1. The molecule has 106 valence electrons. The Morgan fingerprint density at radius 3 is 2.65 bits per heavy atom. The Balaban J connectivity index is 2.12. The molecule has 0 spiro atoms. The third kappa shape index (κ3) is 3.48. The largest absolute Gasteiger partial charge is 0.359 e. The van der Waals surface area contributed by atoms with Gasteiger partial charge in [0.05, 0.1) is 0 Å². The molecule has 0 atom stereocenters. The van der Waals surface area contributed by atoms with Gasteiger partial charge in [0.15, 0.2) is 5.16 Å². The monoisotopic (exact) mass is 288 g/mol. The molecular weight excluding hydrogens is 268 g/mol. The Bertz CT molecular complexity index is 572. The lowest BCUT2D eigenvalue weighted by atomic mass is 10.2. The van der Waals surface area contributed by atoms with Crippen LogP contribution in [0.4, 0.5) is 5.82 Å². The molecule has 0 bridgehead atoms. The summed E-state index contributed by atoms with van der Waals surface area (Å²) in [6.07, 6.45) is 4.75. The molecule has 5 heteroatoms. The molecule has 2 heterocycles. The molecule has 20 heavy (non-hydrogen) atoms. The Labute approximate surface area is 124 Å². The van der Waals surface area contributed by atoms with E-state index in [1.807, 2.05) is 31.5 Å². The highest BCUT2D eigenvalue weighted by atomic mass is 32.2. The second-order valence-corrected chi connectivity index (χ2v) is 5.51. The van der Waals surface area contributed by atoms with Crippen molar-refractivity contribution in [3.63, 3.8) is 0 Å². The van der Waals surface area contributed by atoms with Gasteiger partial charge < -0.3 is 4.90 Å². The van der Waals surface area contributed by atoms with Gasteiger partial charge in [-0.25, -0.2) is 9.97 Å². The molecule has 0 aliphatic carbocycles. The zero-order valence-electron chi connectivity index (χ0n) is 12.4. The van der Waals surface area contributed by atoms with Gasteiger partial charge in [0.25, 0.3) is 0 Å². The van der Waals surface area contributed by atoms with Gasteiger partial charge in [-0.1, -0.05) is 17.8 Å². The summed E-state index contributed by atoms with van der Waals surface area (Å²) in [5.74, 6) is 1.01. The van der Waals surface area contributed by atoms with Crippen molar-refractivity contribution in [3.8, 4) is 0 Å². The SMILES string of the molecule is CSc1nc(C)c(C)c(N(C)CCc2ccccn2)n1. The van der Waals surface area contributed by atoms with E-state index in [-0.39, 0.29) is 0 Å². The van der Waals surface area contributed by atoms with Crippen molar-refractivity contribution in [3.05, 3.63) is 41.3 Å². The lowest BCUT2D eigenvalue weighted by molar-refractivity contribution is 0.805. The van der Waals surface area contributed by atoms with Crippen LogP contribution in [0.2, 0.25) is 0 Å². The van der Waals surface area contributed by atoms with Crippen molar-refractivity contribution < 1.29 is 0 Å². The summed E-state index contributed by atoms with van der Waals surface area (Å²) in [4.78, 5) is 15.6. The fourth-order valence-corrected chi connectivity index (χ4v) is 2.39. The van der Waals surface area contributed by atoms with Crippen molar-refractivity contribution in [1.29, 1.82) is 0 Å². The Hall–Kier alpha value is -1.62. The number of nitrogens with zero attached hydrogens (tertiary/aromatic N) is 4. The van der Waals surface area contributed by atoms with Crippen molar-refractivity contribution >= 4 is 17.6 Å². The van der Waals surface area contributed by atoms with Crippen LogP contribution in [0.3, 0.4) is 0 Å². The number of thioether (sulfide) groups is 1. The van der Waals surface area contributed by atoms with Crippen LogP contribution in [0.1, 0.15) is 17.0 Å². The van der Waals surface area contributed by atoms with E-state index in [0.717, 1.165) is 40.9 Å². The molecule has 0 aliphatic heterocycles. The normalized spacial score (nSPS) is 10.6. The molecule has 0 N–H and O–H groups in total. The zero-order chi connectivity index (χ0) is 14.5. The summed E-state index contributed by atoms with van der Waals surface area (Å²) < 4.78 is 0. The van der Waals surface area contributed by atoms with E-state index >= 15 is 0 Å². The van der Waals surface area contributed by atoms with Crippen LogP contribution in [0.15, 0.2) is 29.6 Å². The molecule has 0 unspecified atom stereocenters. The molecule has 0 radical (unpaired) electrons. The van der Waals surface area contributed by atoms with E-state index in [1.165, 1.54) is 0 Å². The maximum Gasteiger partial charge on any atom is 0.189 e. The number of aryl methyl sites for hydroxylation is 1. The second-order valence-electron chi connectivity index (χ2n) is 4.74. The number of aromatic nitrogens is 3. The van der Waals surface area contributed by atoms with Crippen LogP contribution in [-0.2, 0) is 6.42 Å². The zero-order valence-corrected chi connectivity index (χ0v) is 13.2. The molecule has 0 saturated carbocycles. The summed E-state index contributed by atoms with van der Waals surface area (Å²) in [6.45, 7) is 5.00. The lowest BCUT2D eigenvalue weighted by Gasteiger charge is -2.21. The topological polar surface area (TPSA) is 41.9 Å². The van der Waals surface area contributed by atoms with Crippen LogP contribution >= 0.6 is 11.8 Å². The highest BCUT2D eigenvalue weighted by Crippen LogP contribution is 2.22. The maximum absolute atomic E-state index is 4.62. The minimum Gasteiger partial charge on any atom is -0.359 e. The average Bonchev–Trinajstić information content (AvgIpc) is 2.48. The predicted octanol–water partition coefficient (Wildman–Crippen LogP) is 2.89. The fourth-order valence-electron chi connectivity index (χ4n) is 1.99.